The zero-order valence-corrected chi connectivity index (χ0v) is 14.6. The molecule has 27 heavy (non-hydrogen) atoms. The van der Waals surface area contributed by atoms with Crippen LogP contribution in [0.15, 0.2) is 48.5 Å². The Morgan fingerprint density at radius 3 is 2.22 bits per heavy atom. The van der Waals surface area contributed by atoms with Crippen molar-refractivity contribution >= 4 is 29.2 Å². The summed E-state index contributed by atoms with van der Waals surface area (Å²) in [7, 11) is 1.30. The fourth-order valence-corrected chi connectivity index (χ4v) is 2.72. The third kappa shape index (κ3) is 4.30. The number of anilines is 2. The van der Waals surface area contributed by atoms with Crippen LogP contribution in [0.2, 0.25) is 0 Å². The molecule has 2 unspecified atom stereocenters. The van der Waals surface area contributed by atoms with Crippen LogP contribution in [0.4, 0.5) is 11.4 Å². The molecule has 3 rings (SSSR count). The minimum atomic E-state index is -0.452. The molecule has 2 aromatic carbocycles. The minimum absolute atomic E-state index is 0.244. The second kappa shape index (κ2) is 7.70. The van der Waals surface area contributed by atoms with E-state index in [1.54, 1.807) is 48.5 Å². The van der Waals surface area contributed by atoms with E-state index in [4.69, 9.17) is 5.26 Å². The van der Waals surface area contributed by atoms with Crippen molar-refractivity contribution < 1.29 is 19.1 Å². The average Bonchev–Trinajstić information content (AvgIpc) is 3.49. The highest BCUT2D eigenvalue weighted by Gasteiger charge is 2.48. The van der Waals surface area contributed by atoms with Crippen LogP contribution in [0.3, 0.4) is 0 Å². The molecule has 0 spiro atoms. The van der Waals surface area contributed by atoms with Crippen LogP contribution in [0, 0.1) is 23.2 Å². The van der Waals surface area contributed by atoms with Crippen molar-refractivity contribution in [3.05, 3.63) is 59.7 Å². The number of hydrogen-bond acceptors (Lipinski definition) is 5. The molecule has 0 aromatic heterocycles. The van der Waals surface area contributed by atoms with Crippen molar-refractivity contribution in [3.63, 3.8) is 0 Å². The summed E-state index contributed by atoms with van der Waals surface area (Å²) in [4.78, 5) is 36.0. The molecular formula is C20H17N3O4. The number of carbonyl (C=O) groups excluding carboxylic acids is 3. The molecule has 0 radical (unpaired) electrons. The van der Waals surface area contributed by atoms with E-state index in [1.807, 2.05) is 6.07 Å². The number of nitriles is 1. The van der Waals surface area contributed by atoms with E-state index in [-0.39, 0.29) is 11.8 Å². The number of rotatable bonds is 5. The van der Waals surface area contributed by atoms with Crippen molar-refractivity contribution in [2.24, 2.45) is 11.8 Å². The van der Waals surface area contributed by atoms with Gasteiger partial charge in [0.25, 0.3) is 0 Å². The Kier molecular flexibility index (Phi) is 5.18. The van der Waals surface area contributed by atoms with Gasteiger partial charge in [-0.05, 0) is 48.9 Å². The topological polar surface area (TPSA) is 108 Å². The first-order chi connectivity index (χ1) is 13.0. The van der Waals surface area contributed by atoms with Crippen LogP contribution in [-0.4, -0.2) is 24.9 Å². The zero-order valence-electron chi connectivity index (χ0n) is 14.6. The highest BCUT2D eigenvalue weighted by atomic mass is 16.5. The number of benzene rings is 2. The van der Waals surface area contributed by atoms with Crippen molar-refractivity contribution in [1.29, 1.82) is 5.26 Å². The van der Waals surface area contributed by atoms with Crippen LogP contribution in [0.25, 0.3) is 0 Å². The maximum Gasteiger partial charge on any atom is 0.337 e. The highest BCUT2D eigenvalue weighted by Crippen LogP contribution is 2.40. The molecule has 0 aliphatic heterocycles. The van der Waals surface area contributed by atoms with Gasteiger partial charge in [0.1, 0.15) is 0 Å². The third-order valence-corrected chi connectivity index (χ3v) is 4.30. The Bertz CT molecular complexity index is 931. The van der Waals surface area contributed by atoms with E-state index in [1.165, 1.54) is 7.11 Å². The summed E-state index contributed by atoms with van der Waals surface area (Å²) in [5.74, 6) is -1.74. The van der Waals surface area contributed by atoms with Gasteiger partial charge < -0.3 is 15.4 Å². The summed E-state index contributed by atoms with van der Waals surface area (Å²) in [6.07, 6.45) is 0.468. The Labute approximate surface area is 155 Å². The molecule has 2 N–H and O–H groups in total. The molecule has 0 heterocycles. The number of methoxy groups -OCH3 is 1. The van der Waals surface area contributed by atoms with Crippen molar-refractivity contribution in [2.75, 3.05) is 17.7 Å². The smallest absolute Gasteiger partial charge is 0.337 e. The van der Waals surface area contributed by atoms with Crippen molar-refractivity contribution in [2.45, 2.75) is 6.42 Å². The van der Waals surface area contributed by atoms with Gasteiger partial charge in [-0.2, -0.15) is 5.26 Å². The van der Waals surface area contributed by atoms with Gasteiger partial charge in [0, 0.05) is 11.4 Å². The lowest BCUT2D eigenvalue weighted by Gasteiger charge is -2.07. The Morgan fingerprint density at radius 1 is 1.00 bits per heavy atom. The van der Waals surface area contributed by atoms with Gasteiger partial charge in [0.2, 0.25) is 11.8 Å². The Morgan fingerprint density at radius 2 is 1.63 bits per heavy atom. The van der Waals surface area contributed by atoms with Crippen molar-refractivity contribution in [1.82, 2.24) is 0 Å². The van der Waals surface area contributed by atoms with Gasteiger partial charge in [-0.1, -0.05) is 6.07 Å². The van der Waals surface area contributed by atoms with Crippen LogP contribution in [0.5, 0.6) is 0 Å². The molecule has 136 valence electrons. The number of nitrogens with zero attached hydrogens (tertiary/aromatic N) is 1. The van der Waals surface area contributed by atoms with Crippen LogP contribution in [-0.2, 0) is 14.3 Å². The number of nitrogens with one attached hydrogen (secondary N) is 2. The molecule has 1 aliphatic rings. The highest BCUT2D eigenvalue weighted by molar-refractivity contribution is 6.03. The third-order valence-electron chi connectivity index (χ3n) is 4.30. The van der Waals surface area contributed by atoms with Gasteiger partial charge in [-0.3, -0.25) is 9.59 Å². The van der Waals surface area contributed by atoms with Crippen molar-refractivity contribution in [3.8, 4) is 6.07 Å². The van der Waals surface area contributed by atoms with E-state index < -0.39 is 17.8 Å². The van der Waals surface area contributed by atoms with Gasteiger partial charge in [-0.15, -0.1) is 0 Å². The molecule has 1 aliphatic carbocycles. The summed E-state index contributed by atoms with van der Waals surface area (Å²) in [5, 5.41) is 14.4. The lowest BCUT2D eigenvalue weighted by Crippen LogP contribution is -2.20. The lowest BCUT2D eigenvalue weighted by atomic mass is 10.2. The molecule has 0 bridgehead atoms. The monoisotopic (exact) mass is 363 g/mol. The van der Waals surface area contributed by atoms with E-state index in [2.05, 4.69) is 15.4 Å². The summed E-state index contributed by atoms with van der Waals surface area (Å²) in [5.41, 5.74) is 1.91. The molecular weight excluding hydrogens is 346 g/mol. The van der Waals surface area contributed by atoms with Gasteiger partial charge in [0.05, 0.1) is 36.1 Å². The van der Waals surface area contributed by atoms with Crippen LogP contribution < -0.4 is 10.6 Å². The number of hydrogen-bond donors (Lipinski definition) is 2. The maximum atomic E-state index is 12.3. The second-order valence-electron chi connectivity index (χ2n) is 6.19. The fraction of sp³-hybridized carbons (Fsp3) is 0.200. The average molecular weight is 363 g/mol. The van der Waals surface area contributed by atoms with E-state index in [0.29, 0.717) is 28.9 Å². The van der Waals surface area contributed by atoms with Crippen LogP contribution in [0.1, 0.15) is 22.3 Å². The molecule has 0 saturated heterocycles. The van der Waals surface area contributed by atoms with Crippen LogP contribution >= 0.6 is 0 Å². The minimum Gasteiger partial charge on any atom is -0.465 e. The first-order valence-electron chi connectivity index (χ1n) is 8.32. The zero-order chi connectivity index (χ0) is 19.4. The molecule has 1 saturated carbocycles. The Balaban J connectivity index is 1.54. The molecule has 7 heteroatoms. The largest absolute Gasteiger partial charge is 0.465 e. The first kappa shape index (κ1) is 18.1. The number of amides is 2. The number of ether oxygens (including phenoxy) is 1. The van der Waals surface area contributed by atoms with Gasteiger partial charge in [-0.25, -0.2) is 4.79 Å². The predicted molar refractivity (Wildman–Crippen MR) is 97.8 cm³/mol. The second-order valence-corrected chi connectivity index (χ2v) is 6.19. The first-order valence-corrected chi connectivity index (χ1v) is 8.32. The summed E-state index contributed by atoms with van der Waals surface area (Å²) in [6.45, 7) is 0. The summed E-state index contributed by atoms with van der Waals surface area (Å²) >= 11 is 0. The Hall–Kier alpha value is -3.66. The predicted octanol–water partition coefficient (Wildman–Crippen LogP) is 2.56. The van der Waals surface area contributed by atoms with Gasteiger partial charge in [0.15, 0.2) is 0 Å². The normalized spacial score (nSPS) is 17.3. The summed E-state index contributed by atoms with van der Waals surface area (Å²) < 4.78 is 4.62. The standard InChI is InChI=1S/C20H17N3O4/c1-27-20(26)13-5-7-14(8-6-13)22-18(24)16-10-17(16)19(25)23-15-4-2-3-12(9-15)11-21/h2-9,16-17H,10H2,1H3,(H,22,24)(H,23,25). The maximum absolute atomic E-state index is 12.3. The lowest BCUT2D eigenvalue weighted by molar-refractivity contribution is -0.122. The van der Waals surface area contributed by atoms with Gasteiger partial charge >= 0.3 is 5.97 Å². The number of carbonyl (C=O) groups is 3. The summed E-state index contributed by atoms with van der Waals surface area (Å²) in [6, 6.07) is 14.9. The molecule has 2 amide bonds. The fourth-order valence-electron chi connectivity index (χ4n) is 2.72. The van der Waals surface area contributed by atoms with E-state index in [0.717, 1.165) is 0 Å². The SMILES string of the molecule is COC(=O)c1ccc(NC(=O)C2CC2C(=O)Nc2cccc(C#N)c2)cc1. The molecule has 2 atom stereocenters. The molecule has 2 aromatic rings. The number of esters is 1. The van der Waals surface area contributed by atoms with E-state index >= 15 is 0 Å². The molecule has 7 nitrogen and oxygen atoms in total. The molecule has 1 fully saturated rings. The van der Waals surface area contributed by atoms with E-state index in [9.17, 15) is 14.4 Å². The quantitative estimate of drug-likeness (QED) is 0.794.